The standard InChI is InChI=1S/C21H25NO3/c1-25-16-2-3-17-18(9-16)22(5-4-19(17)23)20(24)21-10-13-6-14(11-21)8-15(7-13)12-21/h2-3,9,13-15H,4-8,10-12H2,1H3. The number of carbonyl (C=O) groups is 2. The number of benzene rings is 1. The molecular weight excluding hydrogens is 314 g/mol. The van der Waals surface area contributed by atoms with Crippen LogP contribution in [0.15, 0.2) is 18.2 Å². The first-order valence-corrected chi connectivity index (χ1v) is 9.61. The molecule has 0 N–H and O–H groups in total. The topological polar surface area (TPSA) is 46.6 Å². The van der Waals surface area contributed by atoms with Crippen LogP contribution in [0.5, 0.6) is 5.75 Å². The molecule has 0 aromatic heterocycles. The maximum absolute atomic E-state index is 13.7. The van der Waals surface area contributed by atoms with E-state index in [1.165, 1.54) is 19.3 Å². The van der Waals surface area contributed by atoms with E-state index >= 15 is 0 Å². The van der Waals surface area contributed by atoms with E-state index in [1.807, 2.05) is 23.1 Å². The molecule has 1 aromatic rings. The molecule has 25 heavy (non-hydrogen) atoms. The summed E-state index contributed by atoms with van der Waals surface area (Å²) in [7, 11) is 1.62. The van der Waals surface area contributed by atoms with Gasteiger partial charge in [0.15, 0.2) is 5.78 Å². The third-order valence-electron chi connectivity index (χ3n) is 7.10. The van der Waals surface area contributed by atoms with Crippen LogP contribution in [0.25, 0.3) is 0 Å². The SMILES string of the molecule is COc1ccc2c(c1)N(C(=O)C13CC4CC(CC(C4)C1)C3)CCC2=O. The van der Waals surface area contributed by atoms with Crippen molar-refractivity contribution in [3.63, 3.8) is 0 Å². The van der Waals surface area contributed by atoms with Gasteiger partial charge in [0.05, 0.1) is 18.2 Å². The molecule has 0 spiro atoms. The molecule has 6 rings (SSSR count). The Labute approximate surface area is 148 Å². The minimum absolute atomic E-state index is 0.132. The Morgan fingerprint density at radius 3 is 2.36 bits per heavy atom. The van der Waals surface area contributed by atoms with E-state index in [1.54, 1.807) is 7.11 Å². The summed E-state index contributed by atoms with van der Waals surface area (Å²) in [5, 5.41) is 0. The highest BCUT2D eigenvalue weighted by atomic mass is 16.5. The van der Waals surface area contributed by atoms with E-state index in [-0.39, 0.29) is 17.1 Å². The fraction of sp³-hybridized carbons (Fsp3) is 0.619. The highest BCUT2D eigenvalue weighted by Crippen LogP contribution is 2.61. The van der Waals surface area contributed by atoms with Crippen molar-refractivity contribution in [2.24, 2.45) is 23.2 Å². The number of hydrogen-bond donors (Lipinski definition) is 0. The summed E-state index contributed by atoms with van der Waals surface area (Å²) in [5.41, 5.74) is 1.26. The number of hydrogen-bond acceptors (Lipinski definition) is 3. The van der Waals surface area contributed by atoms with Crippen LogP contribution in [-0.4, -0.2) is 25.3 Å². The molecule has 5 aliphatic rings. The summed E-state index contributed by atoms with van der Waals surface area (Å²) in [6, 6.07) is 5.50. The van der Waals surface area contributed by atoms with Gasteiger partial charge in [-0.05, 0) is 68.4 Å². The largest absolute Gasteiger partial charge is 0.497 e. The molecule has 1 heterocycles. The third kappa shape index (κ3) is 2.26. The van der Waals surface area contributed by atoms with Crippen molar-refractivity contribution in [1.82, 2.24) is 0 Å². The third-order valence-corrected chi connectivity index (χ3v) is 7.10. The number of carbonyl (C=O) groups excluding carboxylic acids is 2. The van der Waals surface area contributed by atoms with Crippen molar-refractivity contribution in [1.29, 1.82) is 0 Å². The van der Waals surface area contributed by atoms with Gasteiger partial charge < -0.3 is 9.64 Å². The van der Waals surface area contributed by atoms with Gasteiger partial charge in [0.2, 0.25) is 5.91 Å². The summed E-state index contributed by atoms with van der Waals surface area (Å²) >= 11 is 0. The number of rotatable bonds is 2. The van der Waals surface area contributed by atoms with Crippen LogP contribution >= 0.6 is 0 Å². The second kappa shape index (κ2) is 5.33. The Bertz CT molecular complexity index is 718. The maximum Gasteiger partial charge on any atom is 0.233 e. The zero-order valence-corrected chi connectivity index (χ0v) is 14.8. The van der Waals surface area contributed by atoms with Gasteiger partial charge in [0.25, 0.3) is 0 Å². The van der Waals surface area contributed by atoms with Gasteiger partial charge in [-0.3, -0.25) is 9.59 Å². The zero-order valence-electron chi connectivity index (χ0n) is 14.8. The average molecular weight is 339 g/mol. The van der Waals surface area contributed by atoms with Gasteiger partial charge in [0, 0.05) is 24.6 Å². The highest BCUT2D eigenvalue weighted by Gasteiger charge is 2.56. The smallest absolute Gasteiger partial charge is 0.233 e. The van der Waals surface area contributed by atoms with E-state index in [0.717, 1.165) is 42.7 Å². The zero-order chi connectivity index (χ0) is 17.2. The molecule has 1 amide bonds. The summed E-state index contributed by atoms with van der Waals surface area (Å²) in [6.07, 6.45) is 7.59. The van der Waals surface area contributed by atoms with Crippen LogP contribution in [-0.2, 0) is 4.79 Å². The number of anilines is 1. The predicted molar refractivity (Wildman–Crippen MR) is 94.9 cm³/mol. The fourth-order valence-corrected chi connectivity index (χ4v) is 6.44. The van der Waals surface area contributed by atoms with Crippen LogP contribution in [0.2, 0.25) is 0 Å². The lowest BCUT2D eigenvalue weighted by atomic mass is 9.49. The minimum Gasteiger partial charge on any atom is -0.497 e. The average Bonchev–Trinajstić information content (AvgIpc) is 2.60. The van der Waals surface area contributed by atoms with Crippen LogP contribution in [0.4, 0.5) is 5.69 Å². The van der Waals surface area contributed by atoms with Crippen molar-refractivity contribution < 1.29 is 14.3 Å². The van der Waals surface area contributed by atoms with Crippen LogP contribution in [0.3, 0.4) is 0 Å². The monoisotopic (exact) mass is 339 g/mol. The molecule has 4 bridgehead atoms. The molecule has 4 saturated carbocycles. The number of methoxy groups -OCH3 is 1. The van der Waals surface area contributed by atoms with E-state index in [4.69, 9.17) is 4.74 Å². The number of nitrogens with zero attached hydrogens (tertiary/aromatic N) is 1. The number of fused-ring (bicyclic) bond motifs is 1. The molecule has 0 radical (unpaired) electrons. The molecular formula is C21H25NO3. The van der Waals surface area contributed by atoms with Crippen molar-refractivity contribution in [3.8, 4) is 5.75 Å². The van der Waals surface area contributed by atoms with Crippen LogP contribution in [0, 0.1) is 23.2 Å². The first-order valence-electron chi connectivity index (χ1n) is 9.61. The molecule has 1 aromatic carbocycles. The van der Waals surface area contributed by atoms with Crippen molar-refractivity contribution in [3.05, 3.63) is 23.8 Å². The highest BCUT2D eigenvalue weighted by molar-refractivity contribution is 6.10. The van der Waals surface area contributed by atoms with Gasteiger partial charge in [0.1, 0.15) is 5.75 Å². The normalized spacial score (nSPS) is 35.6. The van der Waals surface area contributed by atoms with Gasteiger partial charge in [-0.2, -0.15) is 0 Å². The fourth-order valence-electron chi connectivity index (χ4n) is 6.44. The Hall–Kier alpha value is -1.84. The van der Waals surface area contributed by atoms with Crippen molar-refractivity contribution >= 4 is 17.4 Å². The molecule has 4 heteroatoms. The lowest BCUT2D eigenvalue weighted by Crippen LogP contribution is -2.55. The molecule has 0 atom stereocenters. The Balaban J connectivity index is 1.53. The van der Waals surface area contributed by atoms with E-state index in [2.05, 4.69) is 0 Å². The number of amides is 1. The first kappa shape index (κ1) is 15.4. The van der Waals surface area contributed by atoms with Gasteiger partial charge in [-0.15, -0.1) is 0 Å². The van der Waals surface area contributed by atoms with Gasteiger partial charge >= 0.3 is 0 Å². The maximum atomic E-state index is 13.7. The van der Waals surface area contributed by atoms with E-state index < -0.39 is 0 Å². The van der Waals surface area contributed by atoms with Crippen molar-refractivity contribution in [2.45, 2.75) is 44.9 Å². The second-order valence-corrected chi connectivity index (χ2v) is 8.71. The number of Topliss-reactive ketones (excluding diaryl/α,β-unsaturated/α-hetero) is 1. The molecule has 132 valence electrons. The summed E-state index contributed by atoms with van der Waals surface area (Å²) < 4.78 is 5.34. The summed E-state index contributed by atoms with van der Waals surface area (Å²) in [5.74, 6) is 3.33. The quantitative estimate of drug-likeness (QED) is 0.823. The van der Waals surface area contributed by atoms with E-state index in [0.29, 0.717) is 24.3 Å². The van der Waals surface area contributed by atoms with Gasteiger partial charge in [-0.25, -0.2) is 0 Å². The van der Waals surface area contributed by atoms with Crippen LogP contribution in [0.1, 0.15) is 55.3 Å². The number of ether oxygens (including phenoxy) is 1. The molecule has 4 aliphatic carbocycles. The Morgan fingerprint density at radius 2 is 1.76 bits per heavy atom. The number of ketones is 1. The van der Waals surface area contributed by atoms with Crippen molar-refractivity contribution in [2.75, 3.05) is 18.6 Å². The molecule has 4 nitrogen and oxygen atoms in total. The predicted octanol–water partition coefficient (Wildman–Crippen LogP) is 3.83. The Kier molecular flexibility index (Phi) is 3.28. The minimum atomic E-state index is -0.171. The lowest BCUT2D eigenvalue weighted by molar-refractivity contribution is -0.143. The summed E-state index contributed by atoms with van der Waals surface area (Å²) in [6.45, 7) is 0.513. The van der Waals surface area contributed by atoms with Gasteiger partial charge in [-0.1, -0.05) is 0 Å². The first-order chi connectivity index (χ1) is 12.1. The molecule has 1 aliphatic heterocycles. The van der Waals surface area contributed by atoms with Crippen LogP contribution < -0.4 is 9.64 Å². The molecule has 0 saturated heterocycles. The molecule has 4 fully saturated rings. The summed E-state index contributed by atoms with van der Waals surface area (Å²) in [4.78, 5) is 27.9. The lowest BCUT2D eigenvalue weighted by Gasteiger charge is -2.56. The Morgan fingerprint density at radius 1 is 1.12 bits per heavy atom. The second-order valence-electron chi connectivity index (χ2n) is 8.71. The molecule has 0 unspecified atom stereocenters. The van der Waals surface area contributed by atoms with E-state index in [9.17, 15) is 9.59 Å².